The maximum atomic E-state index is 11.1. The van der Waals surface area contributed by atoms with E-state index in [1.54, 1.807) is 14.0 Å². The van der Waals surface area contributed by atoms with Crippen molar-refractivity contribution in [3.63, 3.8) is 0 Å². The molecule has 1 aromatic rings. The van der Waals surface area contributed by atoms with Crippen molar-refractivity contribution in [3.8, 4) is 0 Å². The number of carbonyl (C=O) groups excluding carboxylic acids is 1. The molecular weight excluding hydrogens is 242 g/mol. The first-order chi connectivity index (χ1) is 7.84. The molecule has 5 N–H and O–H groups in total. The molecule has 0 aliphatic carbocycles. The number of amides is 1. The fourth-order valence-corrected chi connectivity index (χ4v) is 2.05. The topological polar surface area (TPSA) is 120 Å². The Balaban J connectivity index is 2.37. The summed E-state index contributed by atoms with van der Waals surface area (Å²) in [5.74, 6) is 0.216. The number of nitrogens with one attached hydrogen (secondary N) is 1. The van der Waals surface area contributed by atoms with Gasteiger partial charge >= 0.3 is 5.69 Å². The van der Waals surface area contributed by atoms with Gasteiger partial charge in [0.05, 0.1) is 5.54 Å². The number of nitrogens with two attached hydrogens (primary N) is 2. The van der Waals surface area contributed by atoms with E-state index in [0.29, 0.717) is 11.6 Å². The number of primary amides is 1. The Morgan fingerprint density at radius 2 is 2.29 bits per heavy atom. The summed E-state index contributed by atoms with van der Waals surface area (Å²) in [6, 6.07) is 0. The number of aromatic nitrogens is 3. The maximum Gasteiger partial charge on any atom is 0.343 e. The lowest BCUT2D eigenvalue weighted by Crippen LogP contribution is -2.49. The normalized spacial score (nSPS) is 14.5. The quantitative estimate of drug-likeness (QED) is 0.455. The van der Waals surface area contributed by atoms with Crippen molar-refractivity contribution in [2.24, 2.45) is 18.5 Å². The van der Waals surface area contributed by atoms with Crippen LogP contribution in [0, 0.1) is 0 Å². The molecule has 7 nitrogen and oxygen atoms in total. The molecule has 0 aromatic carbocycles. The standard InChI is InChI=1S/C9H17N5O2S/c1-9(11,6(10)15)4-3-5-17-8-13-12-7(16)14(8)2/h3-5,11H2,1-2H3,(H2,10,15)(H,12,16). The van der Waals surface area contributed by atoms with Crippen molar-refractivity contribution in [2.45, 2.75) is 30.5 Å². The molecular formula is C9H17N5O2S. The molecule has 1 rings (SSSR count). The third kappa shape index (κ3) is 3.60. The summed E-state index contributed by atoms with van der Waals surface area (Å²) in [4.78, 5) is 22.0. The third-order valence-corrected chi connectivity index (χ3v) is 3.59. The molecule has 0 radical (unpaired) electrons. The number of H-pyrrole nitrogens is 1. The molecule has 1 aromatic heterocycles. The van der Waals surface area contributed by atoms with Gasteiger partial charge < -0.3 is 11.5 Å². The minimum absolute atomic E-state index is 0.242. The second-order valence-corrected chi connectivity index (χ2v) is 5.17. The van der Waals surface area contributed by atoms with Gasteiger partial charge in [-0.15, -0.1) is 5.10 Å². The average Bonchev–Trinajstić information content (AvgIpc) is 2.55. The zero-order chi connectivity index (χ0) is 13.1. The van der Waals surface area contributed by atoms with Gasteiger partial charge in [-0.2, -0.15) is 0 Å². The second kappa shape index (κ2) is 5.37. The summed E-state index contributed by atoms with van der Waals surface area (Å²) in [5.41, 5.74) is 9.65. The van der Waals surface area contributed by atoms with Crippen molar-refractivity contribution in [1.29, 1.82) is 0 Å². The number of hydrogen-bond donors (Lipinski definition) is 3. The summed E-state index contributed by atoms with van der Waals surface area (Å²) in [6.07, 6.45) is 1.23. The number of nitrogens with zero attached hydrogens (tertiary/aromatic N) is 2. The second-order valence-electron chi connectivity index (χ2n) is 4.10. The molecule has 1 heterocycles. The molecule has 0 saturated carbocycles. The number of carbonyl (C=O) groups is 1. The zero-order valence-corrected chi connectivity index (χ0v) is 10.7. The molecule has 8 heteroatoms. The van der Waals surface area contributed by atoms with E-state index in [-0.39, 0.29) is 5.69 Å². The summed E-state index contributed by atoms with van der Waals surface area (Å²) in [7, 11) is 1.64. The molecule has 0 aliphatic heterocycles. The van der Waals surface area contributed by atoms with E-state index >= 15 is 0 Å². The van der Waals surface area contributed by atoms with Crippen molar-refractivity contribution in [2.75, 3.05) is 5.75 Å². The minimum Gasteiger partial charge on any atom is -0.368 e. The number of hydrogen-bond acceptors (Lipinski definition) is 5. The largest absolute Gasteiger partial charge is 0.368 e. The highest BCUT2D eigenvalue weighted by atomic mass is 32.2. The Morgan fingerprint density at radius 1 is 1.65 bits per heavy atom. The van der Waals surface area contributed by atoms with Crippen molar-refractivity contribution >= 4 is 17.7 Å². The van der Waals surface area contributed by atoms with Gasteiger partial charge in [0, 0.05) is 12.8 Å². The third-order valence-electron chi connectivity index (χ3n) is 2.47. The van der Waals surface area contributed by atoms with Gasteiger partial charge in [-0.25, -0.2) is 9.89 Å². The molecule has 0 saturated heterocycles. The van der Waals surface area contributed by atoms with Crippen LogP contribution in [0.5, 0.6) is 0 Å². The van der Waals surface area contributed by atoms with Gasteiger partial charge in [-0.05, 0) is 19.8 Å². The summed E-state index contributed by atoms with van der Waals surface area (Å²) in [6.45, 7) is 1.62. The number of rotatable bonds is 6. The molecule has 1 amide bonds. The fraction of sp³-hybridized carbons (Fsp3) is 0.667. The van der Waals surface area contributed by atoms with Crippen LogP contribution in [0.15, 0.2) is 9.95 Å². The van der Waals surface area contributed by atoms with Gasteiger partial charge in [0.25, 0.3) is 0 Å². The molecule has 0 bridgehead atoms. The van der Waals surface area contributed by atoms with Crippen LogP contribution in [-0.4, -0.2) is 32.0 Å². The van der Waals surface area contributed by atoms with E-state index in [1.165, 1.54) is 16.3 Å². The van der Waals surface area contributed by atoms with Crippen LogP contribution in [0.4, 0.5) is 0 Å². The highest BCUT2D eigenvalue weighted by Gasteiger charge is 2.24. The zero-order valence-electron chi connectivity index (χ0n) is 9.90. The van der Waals surface area contributed by atoms with E-state index < -0.39 is 11.4 Å². The predicted molar refractivity (Wildman–Crippen MR) is 65.6 cm³/mol. The lowest BCUT2D eigenvalue weighted by molar-refractivity contribution is -0.122. The molecule has 0 spiro atoms. The lowest BCUT2D eigenvalue weighted by Gasteiger charge is -2.19. The predicted octanol–water partition coefficient (Wildman–Crippen LogP) is -0.817. The van der Waals surface area contributed by atoms with Gasteiger partial charge in [0.2, 0.25) is 5.91 Å². The van der Waals surface area contributed by atoms with Gasteiger partial charge in [-0.1, -0.05) is 11.8 Å². The Labute approximate surface area is 103 Å². The van der Waals surface area contributed by atoms with Crippen LogP contribution in [0.3, 0.4) is 0 Å². The van der Waals surface area contributed by atoms with Crippen LogP contribution >= 0.6 is 11.8 Å². The number of thioether (sulfide) groups is 1. The first kappa shape index (κ1) is 13.8. The Kier molecular flexibility index (Phi) is 4.35. The van der Waals surface area contributed by atoms with Gasteiger partial charge in [0.15, 0.2) is 5.16 Å². The van der Waals surface area contributed by atoms with Crippen molar-refractivity contribution < 1.29 is 4.79 Å². The maximum absolute atomic E-state index is 11.1. The van der Waals surface area contributed by atoms with Gasteiger partial charge in [0.1, 0.15) is 0 Å². The highest BCUT2D eigenvalue weighted by molar-refractivity contribution is 7.99. The molecule has 1 unspecified atom stereocenters. The molecule has 1 atom stereocenters. The monoisotopic (exact) mass is 259 g/mol. The minimum atomic E-state index is -0.974. The summed E-state index contributed by atoms with van der Waals surface area (Å²) < 4.78 is 1.43. The van der Waals surface area contributed by atoms with Crippen molar-refractivity contribution in [3.05, 3.63) is 10.5 Å². The average molecular weight is 259 g/mol. The summed E-state index contributed by atoms with van der Waals surface area (Å²) in [5, 5.41) is 6.82. The molecule has 17 heavy (non-hydrogen) atoms. The Morgan fingerprint density at radius 3 is 2.76 bits per heavy atom. The van der Waals surface area contributed by atoms with Crippen molar-refractivity contribution in [1.82, 2.24) is 14.8 Å². The SMILES string of the molecule is Cn1c(SCCCC(C)(N)C(N)=O)n[nH]c1=O. The first-order valence-electron chi connectivity index (χ1n) is 5.17. The van der Waals surface area contributed by atoms with Gasteiger partial charge in [-0.3, -0.25) is 9.36 Å². The van der Waals surface area contributed by atoms with Crippen LogP contribution in [-0.2, 0) is 11.8 Å². The Hall–Kier alpha value is -1.28. The van der Waals surface area contributed by atoms with E-state index in [2.05, 4.69) is 10.2 Å². The molecule has 96 valence electrons. The Bertz CT molecular complexity index is 450. The van der Waals surface area contributed by atoms with Crippen LogP contribution in [0.2, 0.25) is 0 Å². The lowest BCUT2D eigenvalue weighted by atomic mass is 9.97. The molecule has 0 fully saturated rings. The van der Waals surface area contributed by atoms with Crippen LogP contribution < -0.4 is 17.2 Å². The summed E-state index contributed by atoms with van der Waals surface area (Å²) >= 11 is 1.43. The van der Waals surface area contributed by atoms with E-state index in [9.17, 15) is 9.59 Å². The van der Waals surface area contributed by atoms with E-state index in [1.807, 2.05) is 0 Å². The van der Waals surface area contributed by atoms with E-state index in [4.69, 9.17) is 11.5 Å². The smallest absolute Gasteiger partial charge is 0.343 e. The van der Waals surface area contributed by atoms with E-state index in [0.717, 1.165) is 12.2 Å². The molecule has 0 aliphatic rings. The first-order valence-corrected chi connectivity index (χ1v) is 6.16. The van der Waals surface area contributed by atoms with Crippen LogP contribution in [0.25, 0.3) is 0 Å². The van der Waals surface area contributed by atoms with Crippen LogP contribution in [0.1, 0.15) is 19.8 Å². The number of aromatic amines is 1. The fourth-order valence-electron chi connectivity index (χ4n) is 1.19. The highest BCUT2D eigenvalue weighted by Crippen LogP contribution is 2.17.